The normalized spacial score (nSPS) is 21.4. The molecular formula is C14H19NOS. The molecule has 0 aliphatic carbocycles. The lowest BCUT2D eigenvalue weighted by molar-refractivity contribution is 0.0744. The first-order valence-corrected chi connectivity index (χ1v) is 6.73. The maximum absolute atomic E-state index is 5.70. The minimum Gasteiger partial charge on any atom is -0.358 e. The highest BCUT2D eigenvalue weighted by atomic mass is 32.1. The zero-order valence-corrected chi connectivity index (χ0v) is 10.9. The Kier molecular flexibility index (Phi) is 5.10. The van der Waals surface area contributed by atoms with E-state index in [1.807, 2.05) is 18.2 Å². The van der Waals surface area contributed by atoms with Crippen LogP contribution in [0, 0.1) is 0 Å². The maximum atomic E-state index is 5.70. The summed E-state index contributed by atoms with van der Waals surface area (Å²) in [5, 5.41) is 0. The molecule has 1 atom stereocenters. The zero-order chi connectivity index (χ0) is 11.9. The number of nitrogens with zero attached hydrogens (tertiary/aromatic N) is 1. The van der Waals surface area contributed by atoms with Gasteiger partial charge in [-0.3, -0.25) is 4.90 Å². The second kappa shape index (κ2) is 6.84. The van der Waals surface area contributed by atoms with Crippen molar-refractivity contribution in [1.82, 2.24) is 4.90 Å². The third kappa shape index (κ3) is 3.87. The number of thiol groups is 1. The monoisotopic (exact) mass is 249 g/mol. The van der Waals surface area contributed by atoms with Crippen LogP contribution in [0.1, 0.15) is 12.0 Å². The van der Waals surface area contributed by atoms with E-state index in [4.69, 9.17) is 4.74 Å². The molecule has 1 heterocycles. The average molecular weight is 249 g/mol. The van der Waals surface area contributed by atoms with E-state index in [9.17, 15) is 0 Å². The first-order valence-electron chi connectivity index (χ1n) is 6.10. The summed E-state index contributed by atoms with van der Waals surface area (Å²) >= 11 is 4.25. The zero-order valence-electron chi connectivity index (χ0n) is 9.96. The fraction of sp³-hybridized carbons (Fsp3) is 0.429. The Bertz CT molecular complexity index is 352. The van der Waals surface area contributed by atoms with Gasteiger partial charge < -0.3 is 4.74 Å². The quantitative estimate of drug-likeness (QED) is 0.806. The number of ether oxygens (including phenoxy) is 1. The van der Waals surface area contributed by atoms with E-state index in [0.717, 1.165) is 31.9 Å². The molecular weight excluding hydrogens is 230 g/mol. The van der Waals surface area contributed by atoms with Crippen LogP contribution in [0.25, 0.3) is 6.08 Å². The van der Waals surface area contributed by atoms with Crippen molar-refractivity contribution in [3.05, 3.63) is 42.0 Å². The summed E-state index contributed by atoms with van der Waals surface area (Å²) in [6.45, 7) is 2.92. The summed E-state index contributed by atoms with van der Waals surface area (Å²) in [5.74, 6) is 0.936. The number of benzene rings is 1. The fourth-order valence-corrected chi connectivity index (χ4v) is 2.11. The standard InChI is InChI=1S/C14H19NOS/c17-12-4-9-15-10-11-16-14(15)8-7-13-5-2-1-3-6-13/h1-3,5-8,14,17H,4,9-12H2/b8-7+. The van der Waals surface area contributed by atoms with Crippen molar-refractivity contribution < 1.29 is 4.74 Å². The lowest BCUT2D eigenvalue weighted by atomic mass is 10.2. The highest BCUT2D eigenvalue weighted by Crippen LogP contribution is 2.13. The Balaban J connectivity index is 1.91. The number of hydrogen-bond acceptors (Lipinski definition) is 3. The Labute approximate surface area is 109 Å². The molecule has 3 heteroatoms. The maximum Gasteiger partial charge on any atom is 0.130 e. The van der Waals surface area contributed by atoms with E-state index in [2.05, 4.69) is 41.8 Å². The van der Waals surface area contributed by atoms with Crippen LogP contribution in [0.5, 0.6) is 0 Å². The lowest BCUT2D eigenvalue weighted by Crippen LogP contribution is -2.29. The second-order valence-electron chi connectivity index (χ2n) is 4.14. The van der Waals surface area contributed by atoms with Crippen LogP contribution in [0.4, 0.5) is 0 Å². The number of hydrogen-bond donors (Lipinski definition) is 1. The molecule has 1 aliphatic rings. The summed E-state index contributed by atoms with van der Waals surface area (Å²) in [6.07, 6.45) is 5.52. The highest BCUT2D eigenvalue weighted by molar-refractivity contribution is 7.80. The van der Waals surface area contributed by atoms with Crippen molar-refractivity contribution in [3.8, 4) is 0 Å². The average Bonchev–Trinajstić information content (AvgIpc) is 2.82. The van der Waals surface area contributed by atoms with Crippen LogP contribution in [0.2, 0.25) is 0 Å². The molecule has 2 rings (SSSR count). The summed E-state index contributed by atoms with van der Waals surface area (Å²) < 4.78 is 5.70. The lowest BCUT2D eigenvalue weighted by Gasteiger charge is -2.19. The highest BCUT2D eigenvalue weighted by Gasteiger charge is 2.21. The molecule has 2 nitrogen and oxygen atoms in total. The molecule has 0 radical (unpaired) electrons. The van der Waals surface area contributed by atoms with Crippen molar-refractivity contribution in [2.75, 3.05) is 25.4 Å². The topological polar surface area (TPSA) is 12.5 Å². The van der Waals surface area contributed by atoms with Gasteiger partial charge in [-0.1, -0.05) is 36.4 Å². The van der Waals surface area contributed by atoms with Crippen LogP contribution in [-0.2, 0) is 4.74 Å². The predicted molar refractivity (Wildman–Crippen MR) is 75.3 cm³/mol. The molecule has 1 aromatic rings. The van der Waals surface area contributed by atoms with Crippen LogP contribution in [0.3, 0.4) is 0 Å². The van der Waals surface area contributed by atoms with Gasteiger partial charge in [-0.15, -0.1) is 0 Å². The minimum absolute atomic E-state index is 0.134. The molecule has 0 saturated carbocycles. The Hall–Kier alpha value is -0.770. The second-order valence-corrected chi connectivity index (χ2v) is 4.59. The van der Waals surface area contributed by atoms with Gasteiger partial charge in [0.25, 0.3) is 0 Å². The van der Waals surface area contributed by atoms with Crippen molar-refractivity contribution in [2.24, 2.45) is 0 Å². The van der Waals surface area contributed by atoms with Crippen LogP contribution >= 0.6 is 12.6 Å². The van der Waals surface area contributed by atoms with Crippen molar-refractivity contribution in [1.29, 1.82) is 0 Å². The van der Waals surface area contributed by atoms with Gasteiger partial charge in [-0.05, 0) is 23.8 Å². The molecule has 1 fully saturated rings. The van der Waals surface area contributed by atoms with Crippen molar-refractivity contribution in [2.45, 2.75) is 12.6 Å². The van der Waals surface area contributed by atoms with Crippen LogP contribution in [0.15, 0.2) is 36.4 Å². The molecule has 92 valence electrons. The molecule has 1 aliphatic heterocycles. The van der Waals surface area contributed by atoms with Gasteiger partial charge in [-0.2, -0.15) is 12.6 Å². The van der Waals surface area contributed by atoms with E-state index in [1.54, 1.807) is 0 Å². The van der Waals surface area contributed by atoms with E-state index >= 15 is 0 Å². The van der Waals surface area contributed by atoms with Crippen LogP contribution < -0.4 is 0 Å². The SMILES string of the molecule is SCCCN1CCOC1/C=C/c1ccccc1. The molecule has 1 saturated heterocycles. The summed E-state index contributed by atoms with van der Waals surface area (Å²) in [5.41, 5.74) is 1.22. The van der Waals surface area contributed by atoms with Gasteiger partial charge in [0.2, 0.25) is 0 Å². The summed E-state index contributed by atoms with van der Waals surface area (Å²) in [7, 11) is 0. The summed E-state index contributed by atoms with van der Waals surface area (Å²) in [6, 6.07) is 10.3. The Morgan fingerprint density at radius 1 is 1.35 bits per heavy atom. The van der Waals surface area contributed by atoms with E-state index < -0.39 is 0 Å². The molecule has 0 bridgehead atoms. The first-order chi connectivity index (χ1) is 8.40. The van der Waals surface area contributed by atoms with Gasteiger partial charge >= 0.3 is 0 Å². The molecule has 0 N–H and O–H groups in total. The smallest absolute Gasteiger partial charge is 0.130 e. The van der Waals surface area contributed by atoms with Gasteiger partial charge in [0.1, 0.15) is 6.23 Å². The first kappa shape index (κ1) is 12.7. The van der Waals surface area contributed by atoms with Gasteiger partial charge in [0.05, 0.1) is 6.61 Å². The molecule has 17 heavy (non-hydrogen) atoms. The molecule has 1 aromatic carbocycles. The molecule has 0 amide bonds. The van der Waals surface area contributed by atoms with E-state index in [-0.39, 0.29) is 6.23 Å². The largest absolute Gasteiger partial charge is 0.358 e. The fourth-order valence-electron chi connectivity index (χ4n) is 1.97. The Morgan fingerprint density at radius 2 is 2.18 bits per heavy atom. The number of rotatable bonds is 5. The van der Waals surface area contributed by atoms with Crippen molar-refractivity contribution >= 4 is 18.7 Å². The minimum atomic E-state index is 0.134. The van der Waals surface area contributed by atoms with Gasteiger partial charge in [0.15, 0.2) is 0 Å². The predicted octanol–water partition coefficient (Wildman–Crippen LogP) is 2.68. The van der Waals surface area contributed by atoms with Crippen LogP contribution in [-0.4, -0.2) is 36.6 Å². The molecule has 0 aromatic heterocycles. The van der Waals surface area contributed by atoms with Crippen molar-refractivity contribution in [3.63, 3.8) is 0 Å². The molecule has 0 spiro atoms. The third-order valence-electron chi connectivity index (χ3n) is 2.88. The van der Waals surface area contributed by atoms with E-state index in [0.29, 0.717) is 0 Å². The Morgan fingerprint density at radius 3 is 2.94 bits per heavy atom. The summed E-state index contributed by atoms with van der Waals surface area (Å²) in [4.78, 5) is 2.36. The third-order valence-corrected chi connectivity index (χ3v) is 3.20. The van der Waals surface area contributed by atoms with E-state index in [1.165, 1.54) is 5.56 Å². The van der Waals surface area contributed by atoms with Gasteiger partial charge in [0, 0.05) is 13.1 Å². The molecule has 1 unspecified atom stereocenters. The van der Waals surface area contributed by atoms with Gasteiger partial charge in [-0.25, -0.2) is 0 Å².